The van der Waals surface area contributed by atoms with Crippen LogP contribution in [0.2, 0.25) is 0 Å². The van der Waals surface area contributed by atoms with Gasteiger partial charge in [0.25, 0.3) is 0 Å². The van der Waals surface area contributed by atoms with Gasteiger partial charge in [-0.3, -0.25) is 0 Å². The molecule has 0 radical (unpaired) electrons. The van der Waals surface area contributed by atoms with Crippen LogP contribution in [-0.2, 0) is 9.47 Å². The first kappa shape index (κ1) is 21.9. The molecule has 3 rings (SSSR count). The molecule has 2 aromatic carbocycles. The van der Waals surface area contributed by atoms with E-state index in [1.54, 1.807) is 7.11 Å². The summed E-state index contributed by atoms with van der Waals surface area (Å²) >= 11 is 0. The maximum Gasteiger partial charge on any atom is 0.119 e. The second-order valence-electron chi connectivity index (χ2n) is 5.31. The molecule has 1 heterocycles. The Kier molecular flexibility index (Phi) is 11.9. The SMILES string of the molecule is CO.COCC(O)COc1ccccc1.c1ccc(OCC2CO2)cc1. The molecule has 0 amide bonds. The van der Waals surface area contributed by atoms with Gasteiger partial charge in [0.15, 0.2) is 0 Å². The maximum absolute atomic E-state index is 9.26. The summed E-state index contributed by atoms with van der Waals surface area (Å²) in [6.45, 7) is 2.10. The zero-order valence-electron chi connectivity index (χ0n) is 15.3. The van der Waals surface area contributed by atoms with Gasteiger partial charge >= 0.3 is 0 Å². The van der Waals surface area contributed by atoms with Crippen LogP contribution < -0.4 is 9.47 Å². The van der Waals surface area contributed by atoms with Crippen LogP contribution >= 0.6 is 0 Å². The second kappa shape index (κ2) is 14.1. The lowest BCUT2D eigenvalue weighted by Crippen LogP contribution is -2.22. The van der Waals surface area contributed by atoms with E-state index in [1.165, 1.54) is 0 Å². The molecule has 144 valence electrons. The number of aliphatic hydroxyl groups is 2. The van der Waals surface area contributed by atoms with Crippen LogP contribution in [0, 0.1) is 0 Å². The first-order valence-electron chi connectivity index (χ1n) is 8.37. The molecule has 0 saturated carbocycles. The Morgan fingerprint density at radius 3 is 1.88 bits per heavy atom. The van der Waals surface area contributed by atoms with E-state index in [2.05, 4.69) is 0 Å². The fraction of sp³-hybridized carbons (Fsp3) is 0.400. The lowest BCUT2D eigenvalue weighted by atomic mass is 10.3. The van der Waals surface area contributed by atoms with Crippen LogP contribution in [0.3, 0.4) is 0 Å². The average Bonchev–Trinajstić information content (AvgIpc) is 3.53. The van der Waals surface area contributed by atoms with Crippen LogP contribution in [0.5, 0.6) is 11.5 Å². The molecule has 2 unspecified atom stereocenters. The smallest absolute Gasteiger partial charge is 0.119 e. The van der Waals surface area contributed by atoms with Crippen LogP contribution in [0.1, 0.15) is 0 Å². The van der Waals surface area contributed by atoms with E-state index in [0.29, 0.717) is 19.3 Å². The molecule has 1 aliphatic heterocycles. The normalized spacial score (nSPS) is 15.5. The van der Waals surface area contributed by atoms with Gasteiger partial charge in [-0.05, 0) is 24.3 Å². The first-order chi connectivity index (χ1) is 12.8. The van der Waals surface area contributed by atoms with Gasteiger partial charge in [0, 0.05) is 14.2 Å². The molecule has 6 heteroatoms. The number of para-hydroxylation sites is 2. The summed E-state index contributed by atoms with van der Waals surface area (Å²) in [5.41, 5.74) is 0. The highest BCUT2D eigenvalue weighted by atomic mass is 16.6. The van der Waals surface area contributed by atoms with E-state index in [4.69, 9.17) is 24.1 Å². The summed E-state index contributed by atoms with van der Waals surface area (Å²) in [7, 11) is 2.55. The fourth-order valence-corrected chi connectivity index (χ4v) is 1.82. The Morgan fingerprint density at radius 1 is 0.923 bits per heavy atom. The fourth-order valence-electron chi connectivity index (χ4n) is 1.82. The highest BCUT2D eigenvalue weighted by Crippen LogP contribution is 2.13. The predicted molar refractivity (Wildman–Crippen MR) is 99.6 cm³/mol. The number of aliphatic hydroxyl groups excluding tert-OH is 2. The maximum atomic E-state index is 9.26. The topological polar surface area (TPSA) is 80.7 Å². The van der Waals surface area contributed by atoms with E-state index in [0.717, 1.165) is 25.2 Å². The molecule has 26 heavy (non-hydrogen) atoms. The second-order valence-corrected chi connectivity index (χ2v) is 5.31. The van der Waals surface area contributed by atoms with Gasteiger partial charge in [0.1, 0.15) is 36.9 Å². The van der Waals surface area contributed by atoms with Crippen molar-refractivity contribution in [3.05, 3.63) is 60.7 Å². The molecular weight excluding hydrogens is 336 g/mol. The molecule has 2 N–H and O–H groups in total. The Labute approximate surface area is 154 Å². The Balaban J connectivity index is 0.000000239. The summed E-state index contributed by atoms with van der Waals surface area (Å²) < 4.78 is 20.5. The van der Waals surface area contributed by atoms with Gasteiger partial charge in [-0.15, -0.1) is 0 Å². The van der Waals surface area contributed by atoms with E-state index in [-0.39, 0.29) is 6.61 Å². The number of hydrogen-bond acceptors (Lipinski definition) is 6. The Bertz CT molecular complexity index is 545. The third kappa shape index (κ3) is 10.7. The number of epoxide rings is 1. The van der Waals surface area contributed by atoms with Crippen LogP contribution in [-0.4, -0.2) is 63.1 Å². The van der Waals surface area contributed by atoms with E-state index >= 15 is 0 Å². The van der Waals surface area contributed by atoms with E-state index in [9.17, 15) is 5.11 Å². The zero-order chi connectivity index (χ0) is 19.0. The van der Waals surface area contributed by atoms with Crippen molar-refractivity contribution >= 4 is 0 Å². The lowest BCUT2D eigenvalue weighted by molar-refractivity contribution is 0.0325. The number of hydrogen-bond donors (Lipinski definition) is 2. The van der Waals surface area contributed by atoms with Gasteiger partial charge in [0.2, 0.25) is 0 Å². The third-order valence-electron chi connectivity index (χ3n) is 3.13. The van der Waals surface area contributed by atoms with Gasteiger partial charge in [-0.25, -0.2) is 0 Å². The summed E-state index contributed by atoms with van der Waals surface area (Å²) in [5.74, 6) is 1.68. The summed E-state index contributed by atoms with van der Waals surface area (Å²) in [6.07, 6.45) is -0.222. The summed E-state index contributed by atoms with van der Waals surface area (Å²) in [4.78, 5) is 0. The molecule has 1 saturated heterocycles. The van der Waals surface area contributed by atoms with Crippen LogP contribution in [0.4, 0.5) is 0 Å². The van der Waals surface area contributed by atoms with Gasteiger partial charge in [0.05, 0.1) is 13.2 Å². The van der Waals surface area contributed by atoms with Gasteiger partial charge in [-0.2, -0.15) is 0 Å². The zero-order valence-corrected chi connectivity index (χ0v) is 15.3. The van der Waals surface area contributed by atoms with Crippen molar-refractivity contribution in [1.29, 1.82) is 0 Å². The van der Waals surface area contributed by atoms with Crippen molar-refractivity contribution in [3.8, 4) is 11.5 Å². The molecule has 1 aliphatic rings. The number of rotatable bonds is 8. The summed E-state index contributed by atoms with van der Waals surface area (Å²) in [5, 5.41) is 16.3. The molecule has 0 bridgehead atoms. The standard InChI is InChI=1S/C10H14O3.C9H10O2.CH4O/c1-12-7-9(11)8-13-10-5-3-2-4-6-10;1-2-4-8(5-3-1)10-6-9-7-11-9;1-2/h2-6,9,11H,7-8H2,1H3;1-5,9H,6-7H2;2H,1H3. The number of benzene rings is 2. The molecule has 0 spiro atoms. The van der Waals surface area contributed by atoms with Crippen molar-refractivity contribution in [2.24, 2.45) is 0 Å². The molecular formula is C20H28O6. The van der Waals surface area contributed by atoms with Crippen molar-refractivity contribution < 1.29 is 29.2 Å². The highest BCUT2D eigenvalue weighted by molar-refractivity contribution is 5.21. The Hall–Kier alpha value is -2.12. The van der Waals surface area contributed by atoms with Crippen molar-refractivity contribution in [2.45, 2.75) is 12.2 Å². The van der Waals surface area contributed by atoms with Gasteiger partial charge < -0.3 is 29.2 Å². The quantitative estimate of drug-likeness (QED) is 0.699. The minimum Gasteiger partial charge on any atom is -0.491 e. The van der Waals surface area contributed by atoms with Gasteiger partial charge in [-0.1, -0.05) is 36.4 Å². The average molecular weight is 364 g/mol. The molecule has 0 aromatic heterocycles. The first-order valence-corrected chi connectivity index (χ1v) is 8.37. The largest absolute Gasteiger partial charge is 0.491 e. The predicted octanol–water partition coefficient (Wildman–Crippen LogP) is 2.15. The number of ether oxygens (including phenoxy) is 4. The van der Waals surface area contributed by atoms with Crippen molar-refractivity contribution in [3.63, 3.8) is 0 Å². The van der Waals surface area contributed by atoms with Crippen molar-refractivity contribution in [1.82, 2.24) is 0 Å². The van der Waals surface area contributed by atoms with E-state index < -0.39 is 6.10 Å². The monoisotopic (exact) mass is 364 g/mol. The third-order valence-corrected chi connectivity index (χ3v) is 3.13. The van der Waals surface area contributed by atoms with Crippen molar-refractivity contribution in [2.75, 3.05) is 40.6 Å². The lowest BCUT2D eigenvalue weighted by Gasteiger charge is -2.10. The highest BCUT2D eigenvalue weighted by Gasteiger charge is 2.22. The molecule has 2 aromatic rings. The molecule has 1 fully saturated rings. The van der Waals surface area contributed by atoms with E-state index in [1.807, 2.05) is 60.7 Å². The number of methoxy groups -OCH3 is 1. The molecule has 2 atom stereocenters. The molecule has 6 nitrogen and oxygen atoms in total. The molecule has 0 aliphatic carbocycles. The van der Waals surface area contributed by atoms with Crippen LogP contribution in [0.25, 0.3) is 0 Å². The minimum atomic E-state index is -0.565. The minimum absolute atomic E-state index is 0.262. The summed E-state index contributed by atoms with van der Waals surface area (Å²) in [6, 6.07) is 19.2. The Morgan fingerprint density at radius 2 is 1.42 bits per heavy atom. The van der Waals surface area contributed by atoms with Crippen LogP contribution in [0.15, 0.2) is 60.7 Å².